The molecule has 4 aromatic rings. The van der Waals surface area contributed by atoms with Crippen LogP contribution < -0.4 is 5.43 Å². The molecule has 1 aromatic heterocycles. The first kappa shape index (κ1) is 19.7. The Bertz CT molecular complexity index is 1290. The minimum absolute atomic E-state index is 0.0560. The van der Waals surface area contributed by atoms with E-state index in [1.54, 1.807) is 0 Å². The third kappa shape index (κ3) is 4.30. The molecule has 4 heteroatoms. The van der Waals surface area contributed by atoms with E-state index in [2.05, 4.69) is 35.2 Å². The van der Waals surface area contributed by atoms with Gasteiger partial charge in [0, 0.05) is 31.1 Å². The zero-order valence-corrected chi connectivity index (χ0v) is 17.4. The van der Waals surface area contributed by atoms with Crippen LogP contribution in [0.4, 0.5) is 0 Å². The predicted octanol–water partition coefficient (Wildman–Crippen LogP) is 5.08. The van der Waals surface area contributed by atoms with E-state index in [0.29, 0.717) is 28.9 Å². The standard InChI is InChI=1S/C27H25NO3/c29-25(9-12-28-11-8-20(18-28)14-19-4-2-1-3-5-19)22-7-6-21-16-24-26(30)10-13-31-27(24)17-23(21)15-22/h1-7,10,13,15-17,20H,8-9,11-12,14,18H2. The van der Waals surface area contributed by atoms with Gasteiger partial charge in [-0.05, 0) is 59.8 Å². The van der Waals surface area contributed by atoms with Crippen LogP contribution in [0.1, 0.15) is 28.8 Å². The third-order valence-electron chi connectivity index (χ3n) is 6.33. The van der Waals surface area contributed by atoms with Crippen LogP contribution in [0.5, 0.6) is 0 Å². The first-order valence-electron chi connectivity index (χ1n) is 10.9. The van der Waals surface area contributed by atoms with E-state index in [0.717, 1.165) is 36.8 Å². The van der Waals surface area contributed by atoms with E-state index in [4.69, 9.17) is 4.42 Å². The van der Waals surface area contributed by atoms with Gasteiger partial charge in [0.25, 0.3) is 0 Å². The lowest BCUT2D eigenvalue weighted by atomic mass is 9.99. The predicted molar refractivity (Wildman–Crippen MR) is 124 cm³/mol. The summed E-state index contributed by atoms with van der Waals surface area (Å²) in [6, 6.07) is 21.4. The molecule has 1 atom stereocenters. The molecule has 156 valence electrons. The van der Waals surface area contributed by atoms with Crippen molar-refractivity contribution < 1.29 is 9.21 Å². The Morgan fingerprint density at radius 2 is 1.87 bits per heavy atom. The van der Waals surface area contributed by atoms with Crippen LogP contribution in [0.2, 0.25) is 0 Å². The molecule has 0 radical (unpaired) electrons. The average molecular weight is 412 g/mol. The summed E-state index contributed by atoms with van der Waals surface area (Å²) in [7, 11) is 0. The van der Waals surface area contributed by atoms with Crippen LogP contribution in [-0.4, -0.2) is 30.3 Å². The summed E-state index contributed by atoms with van der Waals surface area (Å²) in [4.78, 5) is 27.3. The Morgan fingerprint density at radius 1 is 1.00 bits per heavy atom. The number of benzene rings is 3. The van der Waals surface area contributed by atoms with Gasteiger partial charge in [-0.15, -0.1) is 0 Å². The van der Waals surface area contributed by atoms with Gasteiger partial charge in [-0.25, -0.2) is 0 Å². The van der Waals surface area contributed by atoms with E-state index in [1.807, 2.05) is 30.3 Å². The summed E-state index contributed by atoms with van der Waals surface area (Å²) in [6.07, 6.45) is 4.23. The van der Waals surface area contributed by atoms with Crippen molar-refractivity contribution in [3.8, 4) is 0 Å². The van der Waals surface area contributed by atoms with Crippen molar-refractivity contribution in [2.24, 2.45) is 5.92 Å². The molecule has 0 saturated carbocycles. The fraction of sp³-hybridized carbons (Fsp3) is 0.259. The molecule has 0 bridgehead atoms. The van der Waals surface area contributed by atoms with E-state index in [9.17, 15) is 9.59 Å². The second-order valence-electron chi connectivity index (χ2n) is 8.51. The van der Waals surface area contributed by atoms with Gasteiger partial charge in [0.15, 0.2) is 11.2 Å². The Hall–Kier alpha value is -3.24. The summed E-state index contributed by atoms with van der Waals surface area (Å²) in [5, 5.41) is 2.41. The molecule has 31 heavy (non-hydrogen) atoms. The molecule has 1 aliphatic rings. The van der Waals surface area contributed by atoms with Gasteiger partial charge < -0.3 is 9.32 Å². The Morgan fingerprint density at radius 3 is 2.74 bits per heavy atom. The number of carbonyl (C=O) groups is 1. The molecule has 0 amide bonds. The second-order valence-corrected chi connectivity index (χ2v) is 8.51. The van der Waals surface area contributed by atoms with Gasteiger partial charge in [0.2, 0.25) is 0 Å². The largest absolute Gasteiger partial charge is 0.464 e. The number of hydrogen-bond acceptors (Lipinski definition) is 4. The number of ketones is 1. The normalized spacial score (nSPS) is 16.8. The van der Waals surface area contributed by atoms with Crippen molar-refractivity contribution in [2.75, 3.05) is 19.6 Å². The van der Waals surface area contributed by atoms with E-state index in [1.165, 1.54) is 24.3 Å². The Balaban J connectivity index is 1.23. The molecular formula is C27H25NO3. The molecule has 0 spiro atoms. The monoisotopic (exact) mass is 411 g/mol. The summed E-state index contributed by atoms with van der Waals surface area (Å²) >= 11 is 0. The third-order valence-corrected chi connectivity index (χ3v) is 6.33. The molecule has 1 aliphatic heterocycles. The van der Waals surface area contributed by atoms with Crippen molar-refractivity contribution in [1.82, 2.24) is 4.90 Å². The van der Waals surface area contributed by atoms with E-state index >= 15 is 0 Å². The molecule has 1 fully saturated rings. The maximum atomic E-state index is 12.8. The number of nitrogens with zero attached hydrogens (tertiary/aromatic N) is 1. The summed E-state index contributed by atoms with van der Waals surface area (Å²) in [5.74, 6) is 0.823. The maximum Gasteiger partial charge on any atom is 0.192 e. The van der Waals surface area contributed by atoms with Crippen molar-refractivity contribution in [3.63, 3.8) is 0 Å². The number of rotatable bonds is 6. The second kappa shape index (κ2) is 8.48. The number of likely N-dealkylation sites (tertiary alicyclic amines) is 1. The average Bonchev–Trinajstić information content (AvgIpc) is 3.24. The van der Waals surface area contributed by atoms with Gasteiger partial charge in [-0.3, -0.25) is 9.59 Å². The van der Waals surface area contributed by atoms with Crippen LogP contribution >= 0.6 is 0 Å². The van der Waals surface area contributed by atoms with E-state index < -0.39 is 0 Å². The Kier molecular flexibility index (Phi) is 5.39. The van der Waals surface area contributed by atoms with Gasteiger partial charge in [0.05, 0.1) is 11.6 Å². The molecular weight excluding hydrogens is 386 g/mol. The SMILES string of the molecule is O=C(CCN1CCC(Cc2ccccc2)C1)c1ccc2cc3c(=O)ccoc3cc2c1. The first-order chi connectivity index (χ1) is 15.2. The summed E-state index contributed by atoms with van der Waals surface area (Å²) in [5.41, 5.74) is 2.60. The van der Waals surface area contributed by atoms with Gasteiger partial charge in [-0.1, -0.05) is 42.5 Å². The minimum atomic E-state index is -0.0560. The molecule has 0 N–H and O–H groups in total. The van der Waals surface area contributed by atoms with Crippen molar-refractivity contribution in [1.29, 1.82) is 0 Å². The molecule has 4 nitrogen and oxygen atoms in total. The summed E-state index contributed by atoms with van der Waals surface area (Å²) in [6.45, 7) is 2.92. The van der Waals surface area contributed by atoms with Gasteiger partial charge >= 0.3 is 0 Å². The van der Waals surface area contributed by atoms with Crippen LogP contribution in [0.3, 0.4) is 0 Å². The van der Waals surface area contributed by atoms with Crippen molar-refractivity contribution in [3.05, 3.63) is 94.3 Å². The van der Waals surface area contributed by atoms with Crippen LogP contribution in [0.25, 0.3) is 21.7 Å². The number of carbonyl (C=O) groups excluding carboxylic acids is 1. The molecule has 0 aliphatic carbocycles. The van der Waals surface area contributed by atoms with Crippen molar-refractivity contribution in [2.45, 2.75) is 19.3 Å². The zero-order valence-electron chi connectivity index (χ0n) is 17.4. The van der Waals surface area contributed by atoms with Crippen molar-refractivity contribution >= 4 is 27.5 Å². The maximum absolute atomic E-state index is 12.8. The fourth-order valence-corrected chi connectivity index (χ4v) is 4.63. The Labute approximate surface area is 181 Å². The number of hydrogen-bond donors (Lipinski definition) is 0. The quantitative estimate of drug-likeness (QED) is 0.328. The van der Waals surface area contributed by atoms with Crippen LogP contribution in [-0.2, 0) is 6.42 Å². The number of fused-ring (bicyclic) bond motifs is 2. The molecule has 5 rings (SSSR count). The highest BCUT2D eigenvalue weighted by molar-refractivity contribution is 6.02. The highest BCUT2D eigenvalue weighted by Crippen LogP contribution is 2.24. The van der Waals surface area contributed by atoms with Crippen LogP contribution in [0.15, 0.2) is 82.2 Å². The van der Waals surface area contributed by atoms with Crippen LogP contribution in [0, 0.1) is 5.92 Å². The fourth-order valence-electron chi connectivity index (χ4n) is 4.63. The lowest BCUT2D eigenvalue weighted by Gasteiger charge is -2.15. The highest BCUT2D eigenvalue weighted by atomic mass is 16.3. The van der Waals surface area contributed by atoms with E-state index in [-0.39, 0.29) is 11.2 Å². The molecule has 1 unspecified atom stereocenters. The van der Waals surface area contributed by atoms with Gasteiger partial charge in [0.1, 0.15) is 5.58 Å². The number of Topliss-reactive ketones (excluding diaryl/α,β-unsaturated/α-hetero) is 1. The molecule has 1 saturated heterocycles. The topological polar surface area (TPSA) is 50.5 Å². The lowest BCUT2D eigenvalue weighted by molar-refractivity contribution is 0.0968. The first-order valence-corrected chi connectivity index (χ1v) is 10.9. The molecule has 3 aromatic carbocycles. The lowest BCUT2D eigenvalue weighted by Crippen LogP contribution is -2.24. The van der Waals surface area contributed by atoms with Gasteiger partial charge in [-0.2, -0.15) is 0 Å². The smallest absolute Gasteiger partial charge is 0.192 e. The molecule has 2 heterocycles. The zero-order chi connectivity index (χ0) is 21.2. The minimum Gasteiger partial charge on any atom is -0.464 e. The highest BCUT2D eigenvalue weighted by Gasteiger charge is 2.23. The summed E-state index contributed by atoms with van der Waals surface area (Å²) < 4.78 is 5.48.